The van der Waals surface area contributed by atoms with E-state index in [1.54, 1.807) is 0 Å². The van der Waals surface area contributed by atoms with Crippen molar-refractivity contribution in [3.63, 3.8) is 0 Å². The van der Waals surface area contributed by atoms with Gasteiger partial charge in [-0.1, -0.05) is 11.6 Å². The molecule has 6 heteroatoms. The van der Waals surface area contributed by atoms with E-state index < -0.39 is 17.7 Å². The third-order valence-corrected chi connectivity index (χ3v) is 2.82. The number of carbonyl (C=O) groups excluding carboxylic acids is 1. The normalized spacial score (nSPS) is 10.1. The van der Waals surface area contributed by atoms with E-state index in [1.165, 1.54) is 24.3 Å². The maximum atomic E-state index is 13.5. The molecule has 1 amide bonds. The summed E-state index contributed by atoms with van der Waals surface area (Å²) in [5, 5.41) is 11.6. The molecule has 0 aromatic heterocycles. The standard InChI is InChI=1S/C14H9ClFNO3/c15-10-4-1-8(2-5-10)13(18)17-12-7-9(14(19)20)3-6-11(12)16/h1-7H,(H,17,18)(H,19,20). The second-order valence-corrected chi connectivity index (χ2v) is 4.40. The predicted molar refractivity (Wildman–Crippen MR) is 72.8 cm³/mol. The van der Waals surface area contributed by atoms with Gasteiger partial charge in [-0.05, 0) is 42.5 Å². The molecule has 2 rings (SSSR count). The molecule has 0 aliphatic heterocycles. The van der Waals surface area contributed by atoms with Crippen LogP contribution in [0.15, 0.2) is 42.5 Å². The number of carbonyl (C=O) groups is 2. The zero-order valence-corrected chi connectivity index (χ0v) is 10.8. The minimum absolute atomic E-state index is 0.113. The predicted octanol–water partition coefficient (Wildman–Crippen LogP) is 3.43. The molecule has 0 saturated carbocycles. The van der Waals surface area contributed by atoms with Gasteiger partial charge in [0.1, 0.15) is 5.82 Å². The molecule has 20 heavy (non-hydrogen) atoms. The lowest BCUT2D eigenvalue weighted by molar-refractivity contribution is 0.0696. The third-order valence-electron chi connectivity index (χ3n) is 2.57. The molecule has 0 aliphatic rings. The van der Waals surface area contributed by atoms with Crippen LogP contribution < -0.4 is 5.32 Å². The smallest absolute Gasteiger partial charge is 0.335 e. The molecule has 0 aliphatic carbocycles. The Morgan fingerprint density at radius 3 is 2.25 bits per heavy atom. The highest BCUT2D eigenvalue weighted by atomic mass is 35.5. The summed E-state index contributed by atoms with van der Waals surface area (Å²) in [5.74, 6) is -2.47. The summed E-state index contributed by atoms with van der Waals surface area (Å²) in [6, 6.07) is 9.19. The van der Waals surface area contributed by atoms with Gasteiger partial charge in [-0.25, -0.2) is 9.18 Å². The Bertz CT molecular complexity index is 671. The van der Waals surface area contributed by atoms with Crippen molar-refractivity contribution >= 4 is 29.2 Å². The molecule has 0 bridgehead atoms. The molecule has 0 fully saturated rings. The molecule has 0 spiro atoms. The van der Waals surface area contributed by atoms with E-state index in [-0.39, 0.29) is 16.8 Å². The van der Waals surface area contributed by atoms with E-state index in [0.717, 1.165) is 18.2 Å². The van der Waals surface area contributed by atoms with Crippen LogP contribution in [-0.4, -0.2) is 17.0 Å². The van der Waals surface area contributed by atoms with Crippen molar-refractivity contribution in [2.24, 2.45) is 0 Å². The molecule has 0 radical (unpaired) electrons. The first kappa shape index (κ1) is 14.0. The van der Waals surface area contributed by atoms with Gasteiger partial charge in [0.15, 0.2) is 0 Å². The lowest BCUT2D eigenvalue weighted by Crippen LogP contribution is -2.13. The first-order chi connectivity index (χ1) is 9.47. The number of anilines is 1. The summed E-state index contributed by atoms with van der Waals surface area (Å²) >= 11 is 5.70. The first-order valence-corrected chi connectivity index (χ1v) is 5.95. The lowest BCUT2D eigenvalue weighted by Gasteiger charge is -2.07. The number of hydrogen-bond acceptors (Lipinski definition) is 2. The molecule has 2 aromatic carbocycles. The van der Waals surface area contributed by atoms with Crippen LogP contribution in [0.2, 0.25) is 5.02 Å². The number of amides is 1. The van der Waals surface area contributed by atoms with Gasteiger partial charge < -0.3 is 10.4 Å². The van der Waals surface area contributed by atoms with Crippen molar-refractivity contribution in [3.05, 3.63) is 64.4 Å². The second kappa shape index (κ2) is 5.71. The minimum Gasteiger partial charge on any atom is -0.478 e. The molecule has 0 atom stereocenters. The van der Waals surface area contributed by atoms with Gasteiger partial charge in [0.25, 0.3) is 5.91 Å². The third kappa shape index (κ3) is 3.13. The molecular formula is C14H9ClFNO3. The van der Waals surface area contributed by atoms with Gasteiger partial charge in [0.2, 0.25) is 0 Å². The van der Waals surface area contributed by atoms with E-state index in [4.69, 9.17) is 16.7 Å². The highest BCUT2D eigenvalue weighted by molar-refractivity contribution is 6.30. The minimum atomic E-state index is -1.20. The summed E-state index contributed by atoms with van der Waals surface area (Å²) in [6.07, 6.45) is 0. The van der Waals surface area contributed by atoms with Crippen LogP contribution in [0.4, 0.5) is 10.1 Å². The van der Waals surface area contributed by atoms with Gasteiger partial charge in [-0.3, -0.25) is 4.79 Å². The molecular weight excluding hydrogens is 285 g/mol. The van der Waals surface area contributed by atoms with Crippen LogP contribution in [-0.2, 0) is 0 Å². The van der Waals surface area contributed by atoms with E-state index in [1.807, 2.05) is 0 Å². The highest BCUT2D eigenvalue weighted by Crippen LogP contribution is 2.18. The maximum absolute atomic E-state index is 13.5. The summed E-state index contributed by atoms with van der Waals surface area (Å²) in [4.78, 5) is 22.7. The van der Waals surface area contributed by atoms with Gasteiger partial charge in [-0.2, -0.15) is 0 Å². The Balaban J connectivity index is 2.25. The zero-order valence-electron chi connectivity index (χ0n) is 10.1. The molecule has 2 aromatic rings. The molecule has 2 N–H and O–H groups in total. The lowest BCUT2D eigenvalue weighted by atomic mass is 10.1. The quantitative estimate of drug-likeness (QED) is 0.911. The molecule has 0 saturated heterocycles. The van der Waals surface area contributed by atoms with Gasteiger partial charge >= 0.3 is 5.97 Å². The van der Waals surface area contributed by atoms with Gasteiger partial charge in [-0.15, -0.1) is 0 Å². The van der Waals surface area contributed by atoms with E-state index in [9.17, 15) is 14.0 Å². The topological polar surface area (TPSA) is 66.4 Å². The summed E-state index contributed by atoms with van der Waals surface area (Å²) in [5.41, 5.74) is -0.0165. The van der Waals surface area contributed by atoms with Crippen LogP contribution in [0.5, 0.6) is 0 Å². The second-order valence-electron chi connectivity index (χ2n) is 3.96. The number of hydrogen-bond donors (Lipinski definition) is 2. The fourth-order valence-electron chi connectivity index (χ4n) is 1.55. The van der Waals surface area contributed by atoms with Crippen LogP contribution in [0.1, 0.15) is 20.7 Å². The highest BCUT2D eigenvalue weighted by Gasteiger charge is 2.12. The van der Waals surface area contributed by atoms with Crippen molar-refractivity contribution in [2.45, 2.75) is 0 Å². The molecule has 4 nitrogen and oxygen atoms in total. The Morgan fingerprint density at radius 2 is 1.65 bits per heavy atom. The fraction of sp³-hybridized carbons (Fsp3) is 0. The Hall–Kier alpha value is -2.40. The number of nitrogens with one attached hydrogen (secondary N) is 1. The number of carboxylic acid groups (broad SMARTS) is 1. The van der Waals surface area contributed by atoms with Crippen molar-refractivity contribution < 1.29 is 19.1 Å². The Morgan fingerprint density at radius 1 is 1.05 bits per heavy atom. The maximum Gasteiger partial charge on any atom is 0.335 e. The van der Waals surface area contributed by atoms with E-state index in [0.29, 0.717) is 5.02 Å². The van der Waals surface area contributed by atoms with Crippen molar-refractivity contribution in [1.29, 1.82) is 0 Å². The van der Waals surface area contributed by atoms with Gasteiger partial charge in [0.05, 0.1) is 11.3 Å². The van der Waals surface area contributed by atoms with E-state index in [2.05, 4.69) is 5.32 Å². The largest absolute Gasteiger partial charge is 0.478 e. The number of halogens is 2. The molecule has 0 heterocycles. The average molecular weight is 294 g/mol. The van der Waals surface area contributed by atoms with Crippen LogP contribution in [0.3, 0.4) is 0 Å². The number of aromatic carboxylic acids is 1. The number of carboxylic acids is 1. The van der Waals surface area contributed by atoms with Crippen LogP contribution in [0, 0.1) is 5.82 Å². The molecule has 102 valence electrons. The summed E-state index contributed by atoms with van der Waals surface area (Å²) < 4.78 is 13.5. The zero-order chi connectivity index (χ0) is 14.7. The number of benzene rings is 2. The van der Waals surface area contributed by atoms with E-state index >= 15 is 0 Å². The summed E-state index contributed by atoms with van der Waals surface area (Å²) in [7, 11) is 0. The van der Waals surface area contributed by atoms with Gasteiger partial charge in [0, 0.05) is 10.6 Å². The fourth-order valence-corrected chi connectivity index (χ4v) is 1.68. The SMILES string of the molecule is O=C(O)c1ccc(F)c(NC(=O)c2ccc(Cl)cc2)c1. The van der Waals surface area contributed by atoms with Crippen molar-refractivity contribution in [1.82, 2.24) is 0 Å². The number of rotatable bonds is 3. The summed E-state index contributed by atoms with van der Waals surface area (Å²) in [6.45, 7) is 0. The van der Waals surface area contributed by atoms with Crippen LogP contribution >= 0.6 is 11.6 Å². The Kier molecular flexibility index (Phi) is 4.00. The van der Waals surface area contributed by atoms with Crippen molar-refractivity contribution in [3.8, 4) is 0 Å². The molecule has 0 unspecified atom stereocenters. The first-order valence-electron chi connectivity index (χ1n) is 5.57. The monoisotopic (exact) mass is 293 g/mol. The van der Waals surface area contributed by atoms with Crippen LogP contribution in [0.25, 0.3) is 0 Å². The average Bonchev–Trinajstić information content (AvgIpc) is 2.41. The Labute approximate surface area is 118 Å². The van der Waals surface area contributed by atoms with Crippen molar-refractivity contribution in [2.75, 3.05) is 5.32 Å².